The van der Waals surface area contributed by atoms with Gasteiger partial charge in [-0.15, -0.1) is 24.0 Å². The number of guanidine groups is 1. The average molecular weight is 520 g/mol. The summed E-state index contributed by atoms with van der Waals surface area (Å²) in [5.41, 5.74) is 3.28. The van der Waals surface area contributed by atoms with Crippen molar-refractivity contribution in [2.75, 3.05) is 13.7 Å². The first-order valence-corrected chi connectivity index (χ1v) is 9.40. The van der Waals surface area contributed by atoms with Crippen molar-refractivity contribution >= 4 is 35.9 Å². The lowest BCUT2D eigenvalue weighted by atomic mass is 10.1. The second kappa shape index (κ2) is 12.0. The number of carbonyl (C=O) groups excluding carboxylic acids is 1. The molecule has 7 nitrogen and oxygen atoms in total. The fraction of sp³-hybridized carbons (Fsp3) is 0.227. The molecule has 2 aromatic carbocycles. The van der Waals surface area contributed by atoms with Crippen LogP contribution in [-0.4, -0.2) is 30.6 Å². The second-order valence-electron chi connectivity index (χ2n) is 6.21. The number of nitrogens with zero attached hydrogens (tertiary/aromatic N) is 2. The normalized spacial score (nSPS) is 10.8. The van der Waals surface area contributed by atoms with E-state index in [0.717, 1.165) is 16.8 Å². The number of ether oxygens (including phenoxy) is 1. The summed E-state index contributed by atoms with van der Waals surface area (Å²) in [6, 6.07) is 17.0. The van der Waals surface area contributed by atoms with Gasteiger partial charge in [0.2, 0.25) is 5.89 Å². The minimum Gasteiger partial charge on any atom is -0.462 e. The van der Waals surface area contributed by atoms with Crippen LogP contribution in [-0.2, 0) is 17.8 Å². The van der Waals surface area contributed by atoms with Crippen LogP contribution in [0.5, 0.6) is 0 Å². The first kappa shape index (κ1) is 23.4. The summed E-state index contributed by atoms with van der Waals surface area (Å²) in [7, 11) is 1.71. The highest BCUT2D eigenvalue weighted by molar-refractivity contribution is 14.0. The number of oxazole rings is 1. The molecule has 0 atom stereocenters. The molecule has 0 unspecified atom stereocenters. The summed E-state index contributed by atoms with van der Waals surface area (Å²) in [5, 5.41) is 6.44. The first-order chi connectivity index (χ1) is 14.2. The molecule has 0 bridgehead atoms. The van der Waals surface area contributed by atoms with Crippen molar-refractivity contribution in [3.63, 3.8) is 0 Å². The Bertz CT molecular complexity index is 956. The number of aliphatic imine (C=N–C) groups is 1. The van der Waals surface area contributed by atoms with E-state index in [9.17, 15) is 4.79 Å². The maximum atomic E-state index is 11.7. The third kappa shape index (κ3) is 6.58. The van der Waals surface area contributed by atoms with E-state index in [0.29, 0.717) is 37.1 Å². The van der Waals surface area contributed by atoms with Gasteiger partial charge in [-0.1, -0.05) is 30.3 Å². The lowest BCUT2D eigenvalue weighted by Gasteiger charge is -2.11. The molecule has 0 aliphatic heterocycles. The third-order valence-electron chi connectivity index (χ3n) is 4.16. The van der Waals surface area contributed by atoms with Crippen LogP contribution in [0.4, 0.5) is 0 Å². The highest BCUT2D eigenvalue weighted by Gasteiger charge is 2.08. The zero-order chi connectivity index (χ0) is 20.5. The van der Waals surface area contributed by atoms with Crippen molar-refractivity contribution in [3.8, 4) is 11.5 Å². The van der Waals surface area contributed by atoms with Crippen LogP contribution in [0.2, 0.25) is 0 Å². The number of nitrogens with one attached hydrogen (secondary N) is 2. The number of aromatic nitrogens is 1. The van der Waals surface area contributed by atoms with Crippen LogP contribution in [0, 0.1) is 0 Å². The van der Waals surface area contributed by atoms with Crippen LogP contribution in [0.1, 0.15) is 28.5 Å². The van der Waals surface area contributed by atoms with E-state index in [1.807, 2.05) is 42.5 Å². The number of hydrogen-bond donors (Lipinski definition) is 2. The Kier molecular flexibility index (Phi) is 9.33. The van der Waals surface area contributed by atoms with Gasteiger partial charge in [0.1, 0.15) is 6.26 Å². The van der Waals surface area contributed by atoms with Crippen LogP contribution < -0.4 is 10.6 Å². The van der Waals surface area contributed by atoms with Crippen molar-refractivity contribution in [3.05, 3.63) is 77.7 Å². The van der Waals surface area contributed by atoms with Gasteiger partial charge >= 0.3 is 5.97 Å². The van der Waals surface area contributed by atoms with Crippen molar-refractivity contribution in [2.24, 2.45) is 4.99 Å². The van der Waals surface area contributed by atoms with E-state index < -0.39 is 0 Å². The molecule has 0 saturated carbocycles. The summed E-state index contributed by atoms with van der Waals surface area (Å²) in [5.74, 6) is 0.919. The van der Waals surface area contributed by atoms with E-state index in [1.54, 1.807) is 32.4 Å². The van der Waals surface area contributed by atoms with E-state index in [-0.39, 0.29) is 29.9 Å². The number of hydrogen-bond acceptors (Lipinski definition) is 5. The molecule has 158 valence electrons. The minimum atomic E-state index is -0.313. The average Bonchev–Trinajstić information content (AvgIpc) is 3.24. The summed E-state index contributed by atoms with van der Waals surface area (Å²) in [4.78, 5) is 20.4. The van der Waals surface area contributed by atoms with Crippen LogP contribution in [0.25, 0.3) is 11.5 Å². The molecular weight excluding hydrogens is 495 g/mol. The van der Waals surface area contributed by atoms with Crippen molar-refractivity contribution in [1.82, 2.24) is 15.6 Å². The van der Waals surface area contributed by atoms with Crippen molar-refractivity contribution < 1.29 is 13.9 Å². The highest BCUT2D eigenvalue weighted by Crippen LogP contribution is 2.17. The number of esters is 1. The number of rotatable bonds is 7. The Morgan fingerprint density at radius 2 is 1.77 bits per heavy atom. The summed E-state index contributed by atoms with van der Waals surface area (Å²) < 4.78 is 10.5. The zero-order valence-electron chi connectivity index (χ0n) is 16.9. The van der Waals surface area contributed by atoms with Gasteiger partial charge in [-0.25, -0.2) is 9.78 Å². The van der Waals surface area contributed by atoms with Gasteiger partial charge < -0.3 is 19.8 Å². The molecule has 1 aromatic heterocycles. The smallest absolute Gasteiger partial charge is 0.338 e. The molecule has 0 amide bonds. The van der Waals surface area contributed by atoms with Crippen LogP contribution in [0.15, 0.2) is 70.3 Å². The maximum absolute atomic E-state index is 11.7. The molecule has 2 N–H and O–H groups in total. The van der Waals surface area contributed by atoms with Gasteiger partial charge in [0.25, 0.3) is 0 Å². The summed E-state index contributed by atoms with van der Waals surface area (Å²) in [6.07, 6.45) is 1.64. The fourth-order valence-electron chi connectivity index (χ4n) is 2.66. The largest absolute Gasteiger partial charge is 0.462 e. The number of carbonyl (C=O) groups is 1. The molecule has 0 spiro atoms. The minimum absolute atomic E-state index is 0. The van der Waals surface area contributed by atoms with Crippen molar-refractivity contribution in [1.29, 1.82) is 0 Å². The summed E-state index contributed by atoms with van der Waals surface area (Å²) in [6.45, 7) is 3.20. The molecule has 0 radical (unpaired) electrons. The van der Waals surface area contributed by atoms with Crippen LogP contribution in [0.3, 0.4) is 0 Å². The van der Waals surface area contributed by atoms with Gasteiger partial charge in [-0.3, -0.25) is 4.99 Å². The molecule has 0 aliphatic carbocycles. The quantitative estimate of drug-likeness (QED) is 0.212. The summed E-state index contributed by atoms with van der Waals surface area (Å²) >= 11 is 0. The highest BCUT2D eigenvalue weighted by atomic mass is 127. The van der Waals surface area contributed by atoms with Gasteiger partial charge in [0.15, 0.2) is 5.96 Å². The van der Waals surface area contributed by atoms with Crippen molar-refractivity contribution in [2.45, 2.75) is 20.0 Å². The predicted octanol–water partition coefficient (Wildman–Crippen LogP) is 4.00. The predicted molar refractivity (Wildman–Crippen MR) is 127 cm³/mol. The van der Waals surface area contributed by atoms with E-state index in [2.05, 4.69) is 20.6 Å². The van der Waals surface area contributed by atoms with E-state index >= 15 is 0 Å². The molecule has 3 aromatic rings. The Labute approximate surface area is 193 Å². The lowest BCUT2D eigenvalue weighted by molar-refractivity contribution is 0.0526. The molecule has 8 heteroatoms. The molecule has 0 saturated heterocycles. The Balaban J connectivity index is 0.00000320. The Hall–Kier alpha value is -2.88. The Morgan fingerprint density at radius 1 is 1.07 bits per heavy atom. The number of benzene rings is 2. The molecule has 0 fully saturated rings. The maximum Gasteiger partial charge on any atom is 0.338 e. The van der Waals surface area contributed by atoms with Gasteiger partial charge in [0, 0.05) is 19.2 Å². The topological polar surface area (TPSA) is 88.8 Å². The third-order valence-corrected chi connectivity index (χ3v) is 4.16. The molecule has 0 aliphatic rings. The molecule has 30 heavy (non-hydrogen) atoms. The van der Waals surface area contributed by atoms with Gasteiger partial charge in [0.05, 0.1) is 24.4 Å². The van der Waals surface area contributed by atoms with Gasteiger partial charge in [-0.05, 0) is 36.8 Å². The van der Waals surface area contributed by atoms with Crippen LogP contribution >= 0.6 is 24.0 Å². The monoisotopic (exact) mass is 520 g/mol. The SMILES string of the molecule is CCOC(=O)c1ccc(CNC(=NC)NCc2coc(-c3ccccc3)n2)cc1.I. The second-order valence-corrected chi connectivity index (χ2v) is 6.21. The zero-order valence-corrected chi connectivity index (χ0v) is 19.3. The van der Waals surface area contributed by atoms with Gasteiger partial charge in [-0.2, -0.15) is 0 Å². The first-order valence-electron chi connectivity index (χ1n) is 9.40. The lowest BCUT2D eigenvalue weighted by Crippen LogP contribution is -2.36. The molecule has 1 heterocycles. The molecular formula is C22H25IN4O3. The fourth-order valence-corrected chi connectivity index (χ4v) is 2.66. The molecule has 3 rings (SSSR count). The standard InChI is InChI=1S/C22H24N4O3.HI/c1-3-28-21(27)18-11-9-16(10-12-18)13-24-22(23-2)25-14-19-15-29-20(26-19)17-7-5-4-6-8-17;/h4-12,15H,3,13-14H2,1-2H3,(H2,23,24,25);1H. The number of halogens is 1. The Morgan fingerprint density at radius 3 is 2.43 bits per heavy atom. The van der Waals surface area contributed by atoms with E-state index in [4.69, 9.17) is 9.15 Å². The van der Waals surface area contributed by atoms with E-state index in [1.165, 1.54) is 0 Å².